The van der Waals surface area contributed by atoms with Gasteiger partial charge in [0.15, 0.2) is 5.60 Å². The van der Waals surface area contributed by atoms with Crippen LogP contribution in [0.5, 0.6) is 0 Å². The zero-order valence-electron chi connectivity index (χ0n) is 15.0. The number of carbonyl (C=O) groups is 1. The number of furan rings is 1. The van der Waals surface area contributed by atoms with Crippen molar-refractivity contribution in [2.45, 2.75) is 24.6 Å². The minimum absolute atomic E-state index is 0.240. The van der Waals surface area contributed by atoms with E-state index in [0.29, 0.717) is 17.7 Å². The lowest BCUT2D eigenvalue weighted by Crippen LogP contribution is -2.54. The van der Waals surface area contributed by atoms with Gasteiger partial charge in [-0.1, -0.05) is 42.5 Å². The number of hydrogen-bond acceptors (Lipinski definition) is 3. The van der Waals surface area contributed by atoms with Crippen molar-refractivity contribution < 1.29 is 45.4 Å². The minimum atomic E-state index is -5.18. The number of halogens is 6. The summed E-state index contributed by atoms with van der Waals surface area (Å²) in [5.74, 6) is -5.90. The van der Waals surface area contributed by atoms with E-state index in [0.717, 1.165) is 18.2 Å². The molecule has 4 nitrogen and oxygen atoms in total. The highest BCUT2D eigenvalue weighted by Gasteiger charge is 2.62. The largest absolute Gasteiger partial charge is 0.481 e. The molecule has 0 amide bonds. The third-order valence-corrected chi connectivity index (χ3v) is 4.53. The van der Waals surface area contributed by atoms with Crippen LogP contribution in [0.3, 0.4) is 0 Å². The van der Waals surface area contributed by atoms with Crippen LogP contribution < -0.4 is 0 Å². The average Bonchev–Trinajstić information content (AvgIpc) is 3.15. The number of allylic oxidation sites excluding steroid dienone is 2. The molecule has 0 spiro atoms. The summed E-state index contributed by atoms with van der Waals surface area (Å²) in [5, 5.41) is 9.48. The first-order chi connectivity index (χ1) is 13.9. The molecule has 10 heteroatoms. The van der Waals surface area contributed by atoms with Gasteiger partial charge in [-0.25, -0.2) is 0 Å². The first-order valence-electron chi connectivity index (χ1n) is 8.50. The molecular weight excluding hydrogens is 418 g/mol. The topological polar surface area (TPSA) is 59.7 Å². The monoisotopic (exact) mass is 432 g/mol. The summed E-state index contributed by atoms with van der Waals surface area (Å²) in [5.41, 5.74) is -2.55. The molecule has 30 heavy (non-hydrogen) atoms. The predicted molar refractivity (Wildman–Crippen MR) is 92.0 cm³/mol. The zero-order valence-corrected chi connectivity index (χ0v) is 15.0. The van der Waals surface area contributed by atoms with E-state index in [4.69, 9.17) is 4.74 Å². The number of rotatable bonds is 5. The van der Waals surface area contributed by atoms with E-state index in [-0.39, 0.29) is 5.57 Å². The van der Waals surface area contributed by atoms with Gasteiger partial charge < -0.3 is 14.3 Å². The zero-order chi connectivity index (χ0) is 22.2. The van der Waals surface area contributed by atoms with E-state index in [2.05, 4.69) is 4.42 Å². The molecule has 2 atom stereocenters. The molecule has 0 saturated heterocycles. The molecule has 0 saturated carbocycles. The summed E-state index contributed by atoms with van der Waals surface area (Å²) in [4.78, 5) is 11.7. The molecule has 1 aromatic heterocycles. The molecule has 1 aliphatic rings. The number of benzene rings is 1. The van der Waals surface area contributed by atoms with Crippen LogP contribution in [-0.4, -0.2) is 22.9 Å². The van der Waals surface area contributed by atoms with E-state index in [1.165, 1.54) is 0 Å². The van der Waals surface area contributed by atoms with Gasteiger partial charge in [-0.3, -0.25) is 4.79 Å². The van der Waals surface area contributed by atoms with Crippen LogP contribution in [0.15, 0.2) is 65.1 Å². The molecule has 1 heterocycles. The lowest BCUT2D eigenvalue weighted by Gasteiger charge is -2.38. The molecule has 2 aromatic rings. The van der Waals surface area contributed by atoms with E-state index < -0.39 is 48.0 Å². The van der Waals surface area contributed by atoms with Crippen LogP contribution in [0, 0.1) is 5.92 Å². The van der Waals surface area contributed by atoms with Crippen molar-refractivity contribution in [1.82, 2.24) is 0 Å². The van der Waals surface area contributed by atoms with Gasteiger partial charge in [0.05, 0.1) is 0 Å². The maximum atomic E-state index is 14.0. The Bertz CT molecular complexity index is 971. The molecule has 3 rings (SSSR count). The third kappa shape index (κ3) is 4.13. The molecule has 1 N–H and O–H groups in total. The highest BCUT2D eigenvalue weighted by Crippen LogP contribution is 2.46. The summed E-state index contributed by atoms with van der Waals surface area (Å²) in [7, 11) is 0. The fourth-order valence-electron chi connectivity index (χ4n) is 3.04. The SMILES string of the molecule is O=C(O)C1C=C(c2ccccc2)C=CC1(OCc1ccc(C(F)(F)F)o1)C(F)(F)F. The highest BCUT2D eigenvalue weighted by molar-refractivity contribution is 5.84. The lowest BCUT2D eigenvalue weighted by molar-refractivity contribution is -0.275. The van der Waals surface area contributed by atoms with E-state index in [1.807, 2.05) is 0 Å². The second kappa shape index (κ2) is 7.67. The first-order valence-corrected chi connectivity index (χ1v) is 8.50. The standard InChI is InChI=1S/C20H14F6O4/c21-19(22,23)16-7-6-14(30-16)11-29-18(20(24,25)26)9-8-13(10-15(18)17(27)28)12-4-2-1-3-5-12/h1-10,15H,11H2,(H,27,28). The maximum absolute atomic E-state index is 14.0. The second-order valence-electron chi connectivity index (χ2n) is 6.48. The first kappa shape index (κ1) is 21.7. The van der Waals surface area contributed by atoms with Gasteiger partial charge in [-0.15, -0.1) is 0 Å². The van der Waals surface area contributed by atoms with Gasteiger partial charge in [0.2, 0.25) is 5.76 Å². The van der Waals surface area contributed by atoms with E-state index >= 15 is 0 Å². The fraction of sp³-hybridized carbons (Fsp3) is 0.250. The number of aliphatic carboxylic acids is 1. The quantitative estimate of drug-likeness (QED) is 0.637. The Morgan fingerprint density at radius 3 is 2.27 bits per heavy atom. The summed E-state index contributed by atoms with van der Waals surface area (Å²) in [6.07, 6.45) is -7.44. The van der Waals surface area contributed by atoms with E-state index in [9.17, 15) is 36.2 Å². The molecule has 160 valence electrons. The Balaban J connectivity index is 1.94. The van der Waals surface area contributed by atoms with Gasteiger partial charge in [0, 0.05) is 0 Å². The summed E-state index contributed by atoms with van der Waals surface area (Å²) in [6, 6.07) is 9.52. The van der Waals surface area contributed by atoms with Gasteiger partial charge in [0.25, 0.3) is 0 Å². The number of carboxylic acids is 1. The molecule has 1 aromatic carbocycles. The van der Waals surface area contributed by atoms with Crippen molar-refractivity contribution in [3.63, 3.8) is 0 Å². The Morgan fingerprint density at radius 2 is 1.73 bits per heavy atom. The fourth-order valence-corrected chi connectivity index (χ4v) is 3.04. The predicted octanol–water partition coefficient (Wildman–Crippen LogP) is 5.47. The van der Waals surface area contributed by atoms with Crippen molar-refractivity contribution in [3.05, 3.63) is 77.8 Å². The summed E-state index contributed by atoms with van der Waals surface area (Å²) < 4.78 is 89.1. The molecular formula is C20H14F6O4. The van der Waals surface area contributed by atoms with Crippen molar-refractivity contribution in [2.24, 2.45) is 5.92 Å². The molecule has 0 radical (unpaired) electrons. The highest BCUT2D eigenvalue weighted by atomic mass is 19.4. The van der Waals surface area contributed by atoms with Gasteiger partial charge in [-0.05, 0) is 29.3 Å². The van der Waals surface area contributed by atoms with Crippen LogP contribution >= 0.6 is 0 Å². The van der Waals surface area contributed by atoms with Crippen molar-refractivity contribution in [1.29, 1.82) is 0 Å². The Kier molecular flexibility index (Phi) is 5.55. The van der Waals surface area contributed by atoms with Crippen LogP contribution in [0.1, 0.15) is 17.1 Å². The molecule has 0 aliphatic heterocycles. The maximum Gasteiger partial charge on any atom is 0.449 e. The minimum Gasteiger partial charge on any atom is -0.481 e. The number of ether oxygens (including phenoxy) is 1. The van der Waals surface area contributed by atoms with Crippen molar-refractivity contribution >= 4 is 11.5 Å². The molecule has 1 aliphatic carbocycles. The van der Waals surface area contributed by atoms with Crippen LogP contribution in [0.4, 0.5) is 26.3 Å². The van der Waals surface area contributed by atoms with Crippen LogP contribution in [-0.2, 0) is 22.3 Å². The van der Waals surface area contributed by atoms with Crippen LogP contribution in [0.25, 0.3) is 5.57 Å². The second-order valence-corrected chi connectivity index (χ2v) is 6.48. The molecule has 0 bridgehead atoms. The van der Waals surface area contributed by atoms with Gasteiger partial charge in [0.1, 0.15) is 18.3 Å². The molecule has 2 unspecified atom stereocenters. The summed E-state index contributed by atoms with van der Waals surface area (Å²) >= 11 is 0. The average molecular weight is 432 g/mol. The smallest absolute Gasteiger partial charge is 0.449 e. The normalized spacial score (nSPS) is 22.1. The Morgan fingerprint density at radius 1 is 1.07 bits per heavy atom. The van der Waals surface area contributed by atoms with Crippen LogP contribution in [0.2, 0.25) is 0 Å². The third-order valence-electron chi connectivity index (χ3n) is 4.53. The molecule has 0 fully saturated rings. The van der Waals surface area contributed by atoms with Gasteiger partial charge in [-0.2, -0.15) is 26.3 Å². The van der Waals surface area contributed by atoms with E-state index in [1.54, 1.807) is 30.3 Å². The van der Waals surface area contributed by atoms with Crippen molar-refractivity contribution in [2.75, 3.05) is 0 Å². The summed E-state index contributed by atoms with van der Waals surface area (Å²) in [6.45, 7) is -1.02. The van der Waals surface area contributed by atoms with Crippen molar-refractivity contribution in [3.8, 4) is 0 Å². The number of hydrogen-bond donors (Lipinski definition) is 1. The van der Waals surface area contributed by atoms with Gasteiger partial charge >= 0.3 is 18.3 Å². The number of carboxylic acid groups (broad SMARTS) is 1. The lowest BCUT2D eigenvalue weighted by atomic mass is 9.79. The Hall–Kier alpha value is -3.01. The Labute approximate surface area is 166 Å². The number of alkyl halides is 6.